The maximum atomic E-state index is 10.5. The molecule has 92 valence electrons. The van der Waals surface area contributed by atoms with E-state index in [9.17, 15) is 10.1 Å². The van der Waals surface area contributed by atoms with Crippen molar-refractivity contribution in [2.75, 3.05) is 20.3 Å². The normalized spacial score (nSPS) is 11.8. The zero-order valence-corrected chi connectivity index (χ0v) is 9.67. The van der Waals surface area contributed by atoms with Gasteiger partial charge in [0.1, 0.15) is 11.9 Å². The second-order valence-corrected chi connectivity index (χ2v) is 3.40. The lowest BCUT2D eigenvalue weighted by Crippen LogP contribution is -2.15. The topological polar surface area (TPSA) is 61.6 Å². The lowest BCUT2D eigenvalue weighted by molar-refractivity contribution is -0.492. The third kappa shape index (κ3) is 4.24. The minimum atomic E-state index is -0.561. The number of benzene rings is 1. The fraction of sp³-hybridized carbons (Fsp3) is 0.333. The van der Waals surface area contributed by atoms with E-state index in [0.29, 0.717) is 5.75 Å². The van der Waals surface area contributed by atoms with E-state index in [-0.39, 0.29) is 13.2 Å². The first-order valence-electron chi connectivity index (χ1n) is 5.15. The molecule has 0 spiro atoms. The molecule has 1 rings (SSSR count). The lowest BCUT2D eigenvalue weighted by Gasteiger charge is -2.13. The van der Waals surface area contributed by atoms with Crippen molar-refractivity contribution >= 4 is 0 Å². The monoisotopic (exact) mass is 237 g/mol. The van der Waals surface area contributed by atoms with Gasteiger partial charge in [-0.15, -0.1) is 6.58 Å². The molecule has 0 fully saturated rings. The van der Waals surface area contributed by atoms with Crippen molar-refractivity contribution in [3.05, 3.63) is 52.6 Å². The number of ether oxygens (including phenoxy) is 2. The summed E-state index contributed by atoms with van der Waals surface area (Å²) in [5, 5.41) is 10.5. The van der Waals surface area contributed by atoms with Crippen molar-refractivity contribution in [3.8, 4) is 5.75 Å². The van der Waals surface area contributed by atoms with Gasteiger partial charge in [0, 0.05) is 4.92 Å². The van der Waals surface area contributed by atoms with Crippen LogP contribution in [0.25, 0.3) is 0 Å². The van der Waals surface area contributed by atoms with E-state index >= 15 is 0 Å². The molecule has 0 radical (unpaired) electrons. The molecule has 0 heterocycles. The van der Waals surface area contributed by atoms with Crippen LogP contribution < -0.4 is 4.74 Å². The molecule has 0 aromatic heterocycles. The zero-order chi connectivity index (χ0) is 12.7. The Morgan fingerprint density at radius 1 is 1.47 bits per heavy atom. The van der Waals surface area contributed by atoms with Crippen molar-refractivity contribution in [1.29, 1.82) is 0 Å². The van der Waals surface area contributed by atoms with Crippen LogP contribution in [0.1, 0.15) is 11.7 Å². The molecule has 0 amide bonds. The number of rotatable bonds is 7. The molecular formula is C12H15NO4. The summed E-state index contributed by atoms with van der Waals surface area (Å²) in [6.45, 7) is 3.54. The molecule has 0 N–H and O–H groups in total. The van der Waals surface area contributed by atoms with Crippen LogP contribution in [0.5, 0.6) is 5.75 Å². The number of nitrogens with zero attached hydrogens (tertiary/aromatic N) is 1. The summed E-state index contributed by atoms with van der Waals surface area (Å²) < 4.78 is 10.4. The highest BCUT2D eigenvalue weighted by Gasteiger charge is 2.17. The van der Waals surface area contributed by atoms with Crippen molar-refractivity contribution in [2.24, 2.45) is 0 Å². The first-order chi connectivity index (χ1) is 8.17. The first kappa shape index (κ1) is 13.2. The average Bonchev–Trinajstić information content (AvgIpc) is 2.34. The molecule has 1 aromatic carbocycles. The summed E-state index contributed by atoms with van der Waals surface area (Å²) in [5.41, 5.74) is 0.754. The van der Waals surface area contributed by atoms with Gasteiger partial charge in [0.15, 0.2) is 0 Å². The van der Waals surface area contributed by atoms with Crippen LogP contribution >= 0.6 is 0 Å². The Kier molecular flexibility index (Phi) is 5.16. The van der Waals surface area contributed by atoms with Crippen molar-refractivity contribution < 1.29 is 14.4 Å². The molecule has 0 aliphatic carbocycles. The molecule has 1 unspecified atom stereocenters. The Labute approximate surface area is 99.8 Å². The van der Waals surface area contributed by atoms with E-state index in [0.717, 1.165) is 5.56 Å². The number of hydrogen-bond donors (Lipinski definition) is 0. The number of hydrogen-bond acceptors (Lipinski definition) is 4. The fourth-order valence-corrected chi connectivity index (χ4v) is 1.39. The molecule has 5 nitrogen and oxygen atoms in total. The smallest absolute Gasteiger partial charge is 0.233 e. The first-order valence-corrected chi connectivity index (χ1v) is 5.15. The summed E-state index contributed by atoms with van der Waals surface area (Å²) in [5.74, 6) is 0.706. The predicted octanol–water partition coefficient (Wildman–Crippen LogP) is 2.22. The highest BCUT2D eigenvalue weighted by atomic mass is 16.6. The molecule has 1 aromatic rings. The van der Waals surface area contributed by atoms with E-state index in [2.05, 4.69) is 6.58 Å². The summed E-state index contributed by atoms with van der Waals surface area (Å²) in [6.07, 6.45) is 1.00. The van der Waals surface area contributed by atoms with Gasteiger partial charge in [-0.3, -0.25) is 10.1 Å². The molecule has 0 aliphatic rings. The second kappa shape index (κ2) is 6.65. The third-order valence-corrected chi connectivity index (χ3v) is 2.22. The third-order valence-electron chi connectivity index (χ3n) is 2.22. The van der Waals surface area contributed by atoms with Crippen LogP contribution in [0.15, 0.2) is 36.9 Å². The van der Waals surface area contributed by atoms with Crippen LogP contribution in [0.3, 0.4) is 0 Å². The minimum Gasteiger partial charge on any atom is -0.497 e. The Balaban J connectivity index is 2.78. The van der Waals surface area contributed by atoms with Gasteiger partial charge in [0.25, 0.3) is 0 Å². The lowest BCUT2D eigenvalue weighted by atomic mass is 10.1. The zero-order valence-electron chi connectivity index (χ0n) is 9.67. The van der Waals surface area contributed by atoms with E-state index in [1.54, 1.807) is 37.5 Å². The molecule has 0 aliphatic heterocycles. The van der Waals surface area contributed by atoms with Crippen LogP contribution in [0, 0.1) is 10.1 Å². The molecule has 5 heteroatoms. The van der Waals surface area contributed by atoms with E-state index in [1.165, 1.54) is 0 Å². The van der Waals surface area contributed by atoms with E-state index in [4.69, 9.17) is 9.47 Å². The SMILES string of the molecule is C=CCOC(C[N+](=O)[O-])c1ccc(OC)cc1. The Hall–Kier alpha value is -1.88. The van der Waals surface area contributed by atoms with Crippen LogP contribution in [-0.4, -0.2) is 25.2 Å². The number of methoxy groups -OCH3 is 1. The van der Waals surface area contributed by atoms with Crippen LogP contribution in [0.4, 0.5) is 0 Å². The van der Waals surface area contributed by atoms with Crippen LogP contribution in [0.2, 0.25) is 0 Å². The van der Waals surface area contributed by atoms with Gasteiger partial charge in [-0.25, -0.2) is 0 Å². The summed E-state index contributed by atoms with van der Waals surface area (Å²) >= 11 is 0. The molecular weight excluding hydrogens is 222 g/mol. The van der Waals surface area contributed by atoms with Crippen molar-refractivity contribution in [3.63, 3.8) is 0 Å². The predicted molar refractivity (Wildman–Crippen MR) is 63.7 cm³/mol. The van der Waals surface area contributed by atoms with Gasteiger partial charge in [-0.05, 0) is 17.7 Å². The maximum absolute atomic E-state index is 10.5. The maximum Gasteiger partial charge on any atom is 0.233 e. The summed E-state index contributed by atoms with van der Waals surface area (Å²) in [4.78, 5) is 10.2. The molecule has 17 heavy (non-hydrogen) atoms. The molecule has 1 atom stereocenters. The summed E-state index contributed by atoms with van der Waals surface area (Å²) in [6, 6.07) is 7.02. The standard InChI is InChI=1S/C12H15NO4/c1-3-8-17-12(9-13(14)15)10-4-6-11(16-2)7-5-10/h3-7,12H,1,8-9H2,2H3. The van der Waals surface area contributed by atoms with Crippen LogP contribution in [-0.2, 0) is 4.74 Å². The van der Waals surface area contributed by atoms with Gasteiger partial charge in [0.2, 0.25) is 6.54 Å². The molecule has 0 saturated carbocycles. The largest absolute Gasteiger partial charge is 0.497 e. The molecule has 0 bridgehead atoms. The van der Waals surface area contributed by atoms with E-state index < -0.39 is 11.0 Å². The average molecular weight is 237 g/mol. The van der Waals surface area contributed by atoms with Gasteiger partial charge in [-0.1, -0.05) is 18.2 Å². The highest BCUT2D eigenvalue weighted by Crippen LogP contribution is 2.20. The van der Waals surface area contributed by atoms with Crippen molar-refractivity contribution in [2.45, 2.75) is 6.10 Å². The van der Waals surface area contributed by atoms with Gasteiger partial charge in [0.05, 0.1) is 13.7 Å². The van der Waals surface area contributed by atoms with Gasteiger partial charge >= 0.3 is 0 Å². The van der Waals surface area contributed by atoms with Gasteiger partial charge in [-0.2, -0.15) is 0 Å². The van der Waals surface area contributed by atoms with E-state index in [1.807, 2.05) is 0 Å². The Morgan fingerprint density at radius 3 is 2.59 bits per heavy atom. The quantitative estimate of drug-likeness (QED) is 0.414. The fourth-order valence-electron chi connectivity index (χ4n) is 1.39. The van der Waals surface area contributed by atoms with Crippen molar-refractivity contribution in [1.82, 2.24) is 0 Å². The van der Waals surface area contributed by atoms with Gasteiger partial charge < -0.3 is 9.47 Å². The Morgan fingerprint density at radius 2 is 2.12 bits per heavy atom. The number of nitro groups is 1. The highest BCUT2D eigenvalue weighted by molar-refractivity contribution is 5.28. The molecule has 0 saturated heterocycles. The second-order valence-electron chi connectivity index (χ2n) is 3.40. The minimum absolute atomic E-state index is 0.264. The Bertz CT molecular complexity index is 375. The summed E-state index contributed by atoms with van der Waals surface area (Å²) in [7, 11) is 1.57.